The van der Waals surface area contributed by atoms with Gasteiger partial charge in [0.15, 0.2) is 0 Å². The Kier molecular flexibility index (Phi) is 4.78. The Bertz CT molecular complexity index is 825. The number of benzene rings is 2. The van der Waals surface area contributed by atoms with E-state index in [1.165, 1.54) is 11.6 Å². The van der Waals surface area contributed by atoms with E-state index in [9.17, 15) is 9.18 Å². The van der Waals surface area contributed by atoms with Gasteiger partial charge in [-0.3, -0.25) is 0 Å². The van der Waals surface area contributed by atoms with Crippen molar-refractivity contribution in [1.82, 2.24) is 0 Å². The predicted octanol–water partition coefficient (Wildman–Crippen LogP) is 5.41. The summed E-state index contributed by atoms with van der Waals surface area (Å²) in [6, 6.07) is 11.4. The summed E-state index contributed by atoms with van der Waals surface area (Å²) in [5.74, 6) is 0.276. The Morgan fingerprint density at radius 3 is 2.50 bits per heavy atom. The van der Waals surface area contributed by atoms with E-state index in [2.05, 4.69) is 26.0 Å². The molecule has 1 amide bonds. The van der Waals surface area contributed by atoms with Crippen molar-refractivity contribution in [3.8, 4) is 11.1 Å². The van der Waals surface area contributed by atoms with E-state index in [0.29, 0.717) is 23.5 Å². The molecule has 0 saturated heterocycles. The summed E-state index contributed by atoms with van der Waals surface area (Å²) in [5, 5.41) is 0. The van der Waals surface area contributed by atoms with E-state index in [1.54, 1.807) is 0 Å². The molecule has 2 aromatic rings. The summed E-state index contributed by atoms with van der Waals surface area (Å²) in [6.07, 6.45) is 0.361. The molecule has 3 rings (SSSR count). The van der Waals surface area contributed by atoms with Gasteiger partial charge in [-0.15, -0.1) is 0 Å². The van der Waals surface area contributed by atoms with Crippen LogP contribution in [0.4, 0.5) is 9.18 Å². The van der Waals surface area contributed by atoms with Gasteiger partial charge >= 0.3 is 6.09 Å². The first kappa shape index (κ1) is 18.4. The van der Waals surface area contributed by atoms with Crippen molar-refractivity contribution in [2.24, 2.45) is 17.1 Å². The van der Waals surface area contributed by atoms with Crippen LogP contribution in [0.15, 0.2) is 36.4 Å². The molecule has 0 radical (unpaired) electrons. The van der Waals surface area contributed by atoms with E-state index in [1.807, 2.05) is 32.0 Å². The van der Waals surface area contributed by atoms with Crippen LogP contribution in [0.1, 0.15) is 50.5 Å². The molecule has 3 nitrogen and oxygen atoms in total. The van der Waals surface area contributed by atoms with E-state index in [-0.39, 0.29) is 11.2 Å². The largest absolute Gasteiger partial charge is 0.441 e. The summed E-state index contributed by atoms with van der Waals surface area (Å²) in [6.45, 7) is 8.36. The number of amides is 1. The Morgan fingerprint density at radius 2 is 1.92 bits per heavy atom. The van der Waals surface area contributed by atoms with Crippen LogP contribution in [0.3, 0.4) is 0 Å². The molecule has 0 aromatic heterocycles. The highest BCUT2D eigenvalue weighted by Gasteiger charge is 2.42. The fourth-order valence-electron chi connectivity index (χ4n) is 3.89. The maximum Gasteiger partial charge on any atom is 0.405 e. The Balaban J connectivity index is 1.96. The molecule has 2 aromatic carbocycles. The van der Waals surface area contributed by atoms with Crippen molar-refractivity contribution in [2.45, 2.75) is 46.6 Å². The van der Waals surface area contributed by atoms with Crippen molar-refractivity contribution in [3.63, 3.8) is 0 Å². The molecule has 0 heterocycles. The molecule has 0 fully saturated rings. The lowest BCUT2D eigenvalue weighted by atomic mass is 9.87. The molecule has 138 valence electrons. The molecule has 26 heavy (non-hydrogen) atoms. The van der Waals surface area contributed by atoms with Crippen LogP contribution in [-0.4, -0.2) is 6.09 Å². The number of hydrogen-bond acceptors (Lipinski definition) is 2. The number of carbonyl (C=O) groups excluding carboxylic acids is 1. The van der Waals surface area contributed by atoms with Gasteiger partial charge in [0.2, 0.25) is 0 Å². The number of nitrogens with two attached hydrogens (primary N) is 1. The smallest absolute Gasteiger partial charge is 0.405 e. The van der Waals surface area contributed by atoms with Gasteiger partial charge in [0.05, 0.1) is 0 Å². The third-order valence-corrected chi connectivity index (χ3v) is 5.01. The minimum atomic E-state index is -0.832. The first-order valence-electron chi connectivity index (χ1n) is 9.05. The van der Waals surface area contributed by atoms with Crippen molar-refractivity contribution in [1.29, 1.82) is 0 Å². The fraction of sp³-hybridized carbons (Fsp3) is 0.409. The van der Waals surface area contributed by atoms with Crippen molar-refractivity contribution >= 4 is 6.09 Å². The quantitative estimate of drug-likeness (QED) is 0.797. The van der Waals surface area contributed by atoms with Gasteiger partial charge in [-0.2, -0.15) is 0 Å². The van der Waals surface area contributed by atoms with Crippen LogP contribution in [-0.2, 0) is 17.6 Å². The molecule has 0 bridgehead atoms. The van der Waals surface area contributed by atoms with E-state index >= 15 is 0 Å². The van der Waals surface area contributed by atoms with Crippen molar-refractivity contribution in [3.05, 3.63) is 58.9 Å². The van der Waals surface area contributed by atoms with Gasteiger partial charge in [0.25, 0.3) is 0 Å². The first-order chi connectivity index (χ1) is 12.2. The Morgan fingerprint density at radius 1 is 1.27 bits per heavy atom. The number of primary amides is 1. The lowest BCUT2D eigenvalue weighted by Crippen LogP contribution is -2.25. The van der Waals surface area contributed by atoms with Gasteiger partial charge in [0.1, 0.15) is 11.9 Å². The highest BCUT2D eigenvalue weighted by atomic mass is 19.1. The van der Waals surface area contributed by atoms with Crippen LogP contribution in [0.5, 0.6) is 0 Å². The van der Waals surface area contributed by atoms with E-state index < -0.39 is 12.2 Å². The van der Waals surface area contributed by atoms with Crippen molar-refractivity contribution < 1.29 is 13.9 Å². The van der Waals surface area contributed by atoms with Crippen LogP contribution in [0.25, 0.3) is 11.1 Å². The van der Waals surface area contributed by atoms with E-state index in [0.717, 1.165) is 17.5 Å². The third-order valence-electron chi connectivity index (χ3n) is 5.01. The highest BCUT2D eigenvalue weighted by molar-refractivity contribution is 5.68. The average Bonchev–Trinajstić information content (AvgIpc) is 2.77. The molecule has 1 atom stereocenters. The SMILES string of the molecule is CC(C)Cc1ccc(-c2cc3c(cc2F)C(OC(N)=O)C(C)(C)C3)cc1. The van der Waals surface area contributed by atoms with Gasteiger partial charge in [-0.1, -0.05) is 52.0 Å². The first-order valence-corrected chi connectivity index (χ1v) is 9.05. The minimum Gasteiger partial charge on any atom is -0.441 e. The molecular weight excluding hydrogens is 329 g/mol. The third kappa shape index (κ3) is 3.59. The summed E-state index contributed by atoms with van der Waals surface area (Å²) in [4.78, 5) is 11.2. The normalized spacial score (nSPS) is 18.0. The fourth-order valence-corrected chi connectivity index (χ4v) is 3.89. The zero-order valence-corrected chi connectivity index (χ0v) is 15.8. The molecule has 0 aliphatic heterocycles. The standard InChI is InChI=1S/C22H26FNO2/c1-13(2)9-14-5-7-15(8-6-14)17-10-16-12-22(3,4)20(26-21(24)25)18(16)11-19(17)23/h5-8,10-11,13,20H,9,12H2,1-4H3,(H2,24,25). The predicted molar refractivity (Wildman–Crippen MR) is 101 cm³/mol. The minimum absolute atomic E-state index is 0.309. The molecule has 1 aliphatic rings. The Labute approximate surface area is 154 Å². The molecule has 1 unspecified atom stereocenters. The van der Waals surface area contributed by atoms with Crippen LogP contribution >= 0.6 is 0 Å². The average molecular weight is 355 g/mol. The zero-order valence-electron chi connectivity index (χ0n) is 15.8. The highest BCUT2D eigenvalue weighted by Crippen LogP contribution is 2.48. The molecule has 0 spiro atoms. The van der Waals surface area contributed by atoms with Crippen LogP contribution in [0.2, 0.25) is 0 Å². The van der Waals surface area contributed by atoms with E-state index in [4.69, 9.17) is 10.5 Å². The summed E-state index contributed by atoms with van der Waals surface area (Å²) >= 11 is 0. The molecule has 0 saturated carbocycles. The second-order valence-electron chi connectivity index (χ2n) is 8.31. The van der Waals surface area contributed by atoms with Gasteiger partial charge < -0.3 is 10.5 Å². The second kappa shape index (κ2) is 6.75. The van der Waals surface area contributed by atoms with Crippen LogP contribution in [0, 0.1) is 17.2 Å². The lowest BCUT2D eigenvalue weighted by Gasteiger charge is -2.26. The van der Waals surface area contributed by atoms with Crippen molar-refractivity contribution in [2.75, 3.05) is 0 Å². The van der Waals surface area contributed by atoms with Crippen LogP contribution < -0.4 is 5.73 Å². The molecule has 2 N–H and O–H groups in total. The molecule has 1 aliphatic carbocycles. The van der Waals surface area contributed by atoms with Gasteiger partial charge in [0, 0.05) is 11.0 Å². The van der Waals surface area contributed by atoms with Gasteiger partial charge in [-0.05, 0) is 53.1 Å². The zero-order chi connectivity index (χ0) is 19.1. The number of halogens is 1. The monoisotopic (exact) mass is 355 g/mol. The van der Waals surface area contributed by atoms with Gasteiger partial charge in [-0.25, -0.2) is 9.18 Å². The Hall–Kier alpha value is -2.36. The summed E-state index contributed by atoms with van der Waals surface area (Å²) < 4.78 is 20.1. The molecular formula is C22H26FNO2. The number of carbonyl (C=O) groups is 1. The maximum absolute atomic E-state index is 14.8. The number of hydrogen-bond donors (Lipinski definition) is 1. The molecule has 4 heteroatoms. The number of fused-ring (bicyclic) bond motifs is 1. The summed E-state index contributed by atoms with van der Waals surface area (Å²) in [5.41, 5.74) is 9.29. The summed E-state index contributed by atoms with van der Waals surface area (Å²) in [7, 11) is 0. The number of ether oxygens (including phenoxy) is 1. The maximum atomic E-state index is 14.8. The number of rotatable bonds is 4. The second-order valence-corrected chi connectivity index (χ2v) is 8.31. The lowest BCUT2D eigenvalue weighted by molar-refractivity contribution is 0.0391. The topological polar surface area (TPSA) is 52.3 Å².